The lowest BCUT2D eigenvalue weighted by molar-refractivity contribution is -0.385. The number of hydrogen-bond acceptors (Lipinski definition) is 5. The van der Waals surface area contributed by atoms with Crippen molar-refractivity contribution in [3.63, 3.8) is 0 Å². The summed E-state index contributed by atoms with van der Waals surface area (Å²) in [4.78, 5) is 13.0. The average Bonchev–Trinajstić information content (AvgIpc) is 2.40. The number of nitro groups is 1. The molecule has 6 nitrogen and oxygen atoms in total. The van der Waals surface area contributed by atoms with Crippen LogP contribution in [0.3, 0.4) is 0 Å². The Kier molecular flexibility index (Phi) is 3.90. The highest BCUT2D eigenvalue weighted by molar-refractivity contribution is 5.70. The van der Waals surface area contributed by atoms with Crippen LogP contribution in [0, 0.1) is 10.1 Å². The predicted octanol–water partition coefficient (Wildman–Crippen LogP) is 1.79. The molecule has 2 rings (SSSR count). The number of nitro benzene ring substituents is 1. The van der Waals surface area contributed by atoms with Crippen molar-refractivity contribution in [2.45, 2.75) is 25.9 Å². The molecule has 1 aromatic rings. The van der Waals surface area contributed by atoms with Crippen LogP contribution in [-0.2, 0) is 0 Å². The van der Waals surface area contributed by atoms with Crippen LogP contribution in [0.1, 0.15) is 13.8 Å². The molecule has 0 amide bonds. The van der Waals surface area contributed by atoms with E-state index < -0.39 is 0 Å². The predicted molar refractivity (Wildman–Crippen MR) is 73.9 cm³/mol. The second-order valence-electron chi connectivity index (χ2n) is 4.90. The van der Waals surface area contributed by atoms with Crippen molar-refractivity contribution in [3.8, 4) is 5.75 Å². The Labute approximate surface area is 112 Å². The molecule has 1 N–H and O–H groups in total. The largest absolute Gasteiger partial charge is 0.490 e. The third-order valence-electron chi connectivity index (χ3n) is 3.45. The molecule has 1 aliphatic heterocycles. The molecular formula is C13H19N3O3. The third kappa shape index (κ3) is 2.63. The maximum Gasteiger partial charge on any atom is 0.333 e. The first-order valence-corrected chi connectivity index (χ1v) is 6.36. The smallest absolute Gasteiger partial charge is 0.333 e. The highest BCUT2D eigenvalue weighted by Gasteiger charge is 2.30. The van der Waals surface area contributed by atoms with Crippen molar-refractivity contribution < 1.29 is 9.66 Å². The third-order valence-corrected chi connectivity index (χ3v) is 3.45. The fourth-order valence-electron chi connectivity index (χ4n) is 2.45. The number of methoxy groups -OCH3 is 1. The van der Waals surface area contributed by atoms with Crippen LogP contribution in [0.2, 0.25) is 0 Å². The maximum absolute atomic E-state index is 11.3. The summed E-state index contributed by atoms with van der Waals surface area (Å²) in [6.07, 6.45) is 0. The summed E-state index contributed by atoms with van der Waals surface area (Å²) < 4.78 is 5.12. The monoisotopic (exact) mass is 265 g/mol. The van der Waals surface area contributed by atoms with E-state index >= 15 is 0 Å². The van der Waals surface area contributed by atoms with Gasteiger partial charge in [0.15, 0.2) is 5.75 Å². The van der Waals surface area contributed by atoms with E-state index in [4.69, 9.17) is 4.74 Å². The van der Waals surface area contributed by atoms with Gasteiger partial charge in [-0.3, -0.25) is 10.1 Å². The Morgan fingerprint density at radius 1 is 1.47 bits per heavy atom. The van der Waals surface area contributed by atoms with E-state index in [0.717, 1.165) is 13.1 Å². The number of hydrogen-bond donors (Lipinski definition) is 1. The lowest BCUT2D eigenvalue weighted by Gasteiger charge is -2.38. The van der Waals surface area contributed by atoms with Gasteiger partial charge < -0.3 is 15.0 Å². The molecule has 6 heteroatoms. The van der Waals surface area contributed by atoms with Crippen molar-refractivity contribution in [3.05, 3.63) is 28.3 Å². The molecule has 104 valence electrons. The fourth-order valence-corrected chi connectivity index (χ4v) is 2.45. The molecule has 2 atom stereocenters. The van der Waals surface area contributed by atoms with Crippen LogP contribution >= 0.6 is 0 Å². The molecule has 1 saturated heterocycles. The number of rotatable bonds is 3. The molecule has 0 spiro atoms. The molecule has 1 fully saturated rings. The number of benzene rings is 1. The van der Waals surface area contributed by atoms with Gasteiger partial charge in [-0.25, -0.2) is 0 Å². The molecule has 2 unspecified atom stereocenters. The van der Waals surface area contributed by atoms with Crippen LogP contribution in [0.25, 0.3) is 0 Å². The van der Waals surface area contributed by atoms with Crippen molar-refractivity contribution in [2.24, 2.45) is 0 Å². The number of nitrogens with one attached hydrogen (secondary N) is 1. The average molecular weight is 265 g/mol. The number of para-hydroxylation sites is 1. The Bertz CT molecular complexity index is 478. The van der Waals surface area contributed by atoms with Crippen molar-refractivity contribution >= 4 is 11.4 Å². The van der Waals surface area contributed by atoms with Gasteiger partial charge in [-0.05, 0) is 26.0 Å². The Morgan fingerprint density at radius 2 is 2.21 bits per heavy atom. The van der Waals surface area contributed by atoms with Gasteiger partial charge in [0.05, 0.1) is 12.0 Å². The minimum Gasteiger partial charge on any atom is -0.490 e. The van der Waals surface area contributed by atoms with Crippen LogP contribution in [0.5, 0.6) is 5.75 Å². The summed E-state index contributed by atoms with van der Waals surface area (Å²) in [5.41, 5.74) is 0.677. The van der Waals surface area contributed by atoms with Gasteiger partial charge in [-0.2, -0.15) is 0 Å². The first-order valence-electron chi connectivity index (χ1n) is 6.36. The zero-order valence-electron chi connectivity index (χ0n) is 11.4. The Morgan fingerprint density at radius 3 is 2.84 bits per heavy atom. The lowest BCUT2D eigenvalue weighted by atomic mass is 10.1. The van der Waals surface area contributed by atoms with Gasteiger partial charge in [0.2, 0.25) is 0 Å². The van der Waals surface area contributed by atoms with E-state index in [1.807, 2.05) is 0 Å². The van der Waals surface area contributed by atoms with E-state index in [1.54, 1.807) is 18.2 Å². The normalized spacial score (nSPS) is 23.2. The van der Waals surface area contributed by atoms with E-state index in [1.165, 1.54) is 7.11 Å². The van der Waals surface area contributed by atoms with E-state index in [-0.39, 0.29) is 16.7 Å². The Hall–Kier alpha value is -1.82. The second kappa shape index (κ2) is 5.44. The summed E-state index contributed by atoms with van der Waals surface area (Å²) in [5, 5.41) is 14.7. The first-order chi connectivity index (χ1) is 9.04. The van der Waals surface area contributed by atoms with Gasteiger partial charge in [0.1, 0.15) is 5.69 Å². The second-order valence-corrected chi connectivity index (χ2v) is 4.90. The number of nitrogens with zero attached hydrogens (tertiary/aromatic N) is 2. The molecule has 0 saturated carbocycles. The van der Waals surface area contributed by atoms with Crippen molar-refractivity contribution in [1.29, 1.82) is 0 Å². The summed E-state index contributed by atoms with van der Waals surface area (Å²) >= 11 is 0. The van der Waals surface area contributed by atoms with Crippen LogP contribution in [0.4, 0.5) is 11.4 Å². The van der Waals surface area contributed by atoms with Gasteiger partial charge in [0, 0.05) is 25.2 Å². The van der Waals surface area contributed by atoms with Crippen molar-refractivity contribution in [2.75, 3.05) is 25.1 Å². The standard InChI is InChI=1S/C13H19N3O3/c1-9-8-15(10(2)7-14-9)11-5-4-6-12(19-3)13(11)16(17)18/h4-6,9-10,14H,7-8H2,1-3H3. The number of piperazine rings is 1. The van der Waals surface area contributed by atoms with E-state index in [0.29, 0.717) is 17.5 Å². The molecule has 0 radical (unpaired) electrons. The highest BCUT2D eigenvalue weighted by Crippen LogP contribution is 2.38. The van der Waals surface area contributed by atoms with Crippen LogP contribution in [-0.4, -0.2) is 37.2 Å². The van der Waals surface area contributed by atoms with E-state index in [2.05, 4.69) is 24.1 Å². The summed E-state index contributed by atoms with van der Waals surface area (Å²) in [5.74, 6) is 0.306. The summed E-state index contributed by atoms with van der Waals surface area (Å²) in [6, 6.07) is 5.72. The molecule has 1 heterocycles. The van der Waals surface area contributed by atoms with Crippen molar-refractivity contribution in [1.82, 2.24) is 5.32 Å². The molecule has 0 aliphatic carbocycles. The highest BCUT2D eigenvalue weighted by atomic mass is 16.6. The molecule has 0 aromatic heterocycles. The van der Waals surface area contributed by atoms with Crippen LogP contribution < -0.4 is 15.0 Å². The minimum atomic E-state index is -0.367. The minimum absolute atomic E-state index is 0.0472. The maximum atomic E-state index is 11.3. The molecular weight excluding hydrogens is 246 g/mol. The topological polar surface area (TPSA) is 67.6 Å². The van der Waals surface area contributed by atoms with Gasteiger partial charge in [-0.15, -0.1) is 0 Å². The molecule has 19 heavy (non-hydrogen) atoms. The zero-order chi connectivity index (χ0) is 14.0. The van der Waals surface area contributed by atoms with Crippen LogP contribution in [0.15, 0.2) is 18.2 Å². The zero-order valence-corrected chi connectivity index (χ0v) is 11.4. The lowest BCUT2D eigenvalue weighted by Crippen LogP contribution is -2.54. The van der Waals surface area contributed by atoms with Gasteiger partial charge in [-0.1, -0.05) is 6.07 Å². The first kappa shape index (κ1) is 13.6. The summed E-state index contributed by atoms with van der Waals surface area (Å²) in [7, 11) is 1.45. The fraction of sp³-hybridized carbons (Fsp3) is 0.538. The molecule has 1 aromatic carbocycles. The van der Waals surface area contributed by atoms with Gasteiger partial charge >= 0.3 is 5.69 Å². The van der Waals surface area contributed by atoms with Gasteiger partial charge in [0.25, 0.3) is 0 Å². The molecule has 0 bridgehead atoms. The quantitative estimate of drug-likeness (QED) is 0.666. The number of ether oxygens (including phenoxy) is 1. The SMILES string of the molecule is COc1cccc(N2CC(C)NCC2C)c1[N+](=O)[O-]. The summed E-state index contributed by atoms with van der Waals surface area (Å²) in [6.45, 7) is 5.69. The van der Waals surface area contributed by atoms with E-state index in [9.17, 15) is 10.1 Å². The number of anilines is 1. The Balaban J connectivity index is 2.46. The molecule has 1 aliphatic rings.